The fraction of sp³-hybridized carbons (Fsp3) is 0.375. The molecule has 0 aliphatic carbocycles. The standard InChI is InChI=1S/C24H29N3O3/c1-29-23-4-2-3-19(17-23)18-26-11-9-20(10-12-26)24(28)25-21-5-7-22(8-6-21)27-13-15-30-16-14-27/h2-9,17H,10-16,18H2,1H3,(H,25,28). The van der Waals surface area contributed by atoms with E-state index in [1.165, 1.54) is 11.3 Å². The highest BCUT2D eigenvalue weighted by molar-refractivity contribution is 6.03. The molecule has 1 fully saturated rings. The van der Waals surface area contributed by atoms with Crippen molar-refractivity contribution in [1.82, 2.24) is 4.90 Å². The molecule has 2 aliphatic rings. The first-order valence-corrected chi connectivity index (χ1v) is 10.5. The Labute approximate surface area is 178 Å². The van der Waals surface area contributed by atoms with Gasteiger partial charge in [-0.15, -0.1) is 0 Å². The third-order valence-electron chi connectivity index (χ3n) is 5.63. The van der Waals surface area contributed by atoms with Crippen LogP contribution in [-0.2, 0) is 16.1 Å². The van der Waals surface area contributed by atoms with Crippen molar-refractivity contribution >= 4 is 17.3 Å². The molecule has 2 aromatic carbocycles. The molecule has 2 heterocycles. The summed E-state index contributed by atoms with van der Waals surface area (Å²) in [5.41, 5.74) is 4.07. The van der Waals surface area contributed by atoms with Crippen LogP contribution in [-0.4, -0.2) is 57.3 Å². The van der Waals surface area contributed by atoms with Crippen molar-refractivity contribution in [1.29, 1.82) is 0 Å². The molecule has 1 amide bonds. The van der Waals surface area contributed by atoms with Gasteiger partial charge in [0, 0.05) is 49.7 Å². The molecular weight excluding hydrogens is 378 g/mol. The summed E-state index contributed by atoms with van der Waals surface area (Å²) in [6.45, 7) is 5.84. The van der Waals surface area contributed by atoms with Gasteiger partial charge >= 0.3 is 0 Å². The number of ether oxygens (including phenoxy) is 2. The Morgan fingerprint density at radius 1 is 1.10 bits per heavy atom. The first-order valence-electron chi connectivity index (χ1n) is 10.5. The zero-order valence-corrected chi connectivity index (χ0v) is 17.5. The van der Waals surface area contributed by atoms with Crippen LogP contribution in [0.5, 0.6) is 5.75 Å². The number of anilines is 2. The zero-order chi connectivity index (χ0) is 20.8. The highest BCUT2D eigenvalue weighted by Crippen LogP contribution is 2.21. The molecule has 0 radical (unpaired) electrons. The van der Waals surface area contributed by atoms with Crippen LogP contribution in [0.1, 0.15) is 12.0 Å². The van der Waals surface area contributed by atoms with Crippen LogP contribution in [0, 0.1) is 0 Å². The number of amides is 1. The molecule has 6 nitrogen and oxygen atoms in total. The van der Waals surface area contributed by atoms with E-state index in [2.05, 4.69) is 39.4 Å². The number of carbonyl (C=O) groups excluding carboxylic acids is 1. The molecule has 0 spiro atoms. The molecule has 0 atom stereocenters. The lowest BCUT2D eigenvalue weighted by molar-refractivity contribution is -0.113. The van der Waals surface area contributed by atoms with E-state index >= 15 is 0 Å². The second kappa shape index (κ2) is 9.78. The average Bonchev–Trinajstić information content (AvgIpc) is 2.81. The van der Waals surface area contributed by atoms with Crippen LogP contribution in [0.2, 0.25) is 0 Å². The molecular formula is C24H29N3O3. The van der Waals surface area contributed by atoms with E-state index in [0.717, 1.165) is 69.4 Å². The van der Waals surface area contributed by atoms with Gasteiger partial charge in [0.15, 0.2) is 0 Å². The normalized spacial score (nSPS) is 17.4. The van der Waals surface area contributed by atoms with E-state index in [-0.39, 0.29) is 5.91 Å². The summed E-state index contributed by atoms with van der Waals surface area (Å²) in [6, 6.07) is 16.2. The van der Waals surface area contributed by atoms with Crippen molar-refractivity contribution in [3.8, 4) is 5.75 Å². The van der Waals surface area contributed by atoms with Gasteiger partial charge in [-0.1, -0.05) is 18.2 Å². The van der Waals surface area contributed by atoms with E-state index in [9.17, 15) is 4.79 Å². The lowest BCUT2D eigenvalue weighted by Crippen LogP contribution is -2.36. The summed E-state index contributed by atoms with van der Waals surface area (Å²) in [5, 5.41) is 3.04. The Kier molecular flexibility index (Phi) is 6.67. The maximum Gasteiger partial charge on any atom is 0.251 e. The summed E-state index contributed by atoms with van der Waals surface area (Å²) in [7, 11) is 1.68. The van der Waals surface area contributed by atoms with Gasteiger partial charge in [-0.2, -0.15) is 0 Å². The highest BCUT2D eigenvalue weighted by atomic mass is 16.5. The molecule has 0 saturated carbocycles. The van der Waals surface area contributed by atoms with Gasteiger partial charge in [0.25, 0.3) is 5.91 Å². The SMILES string of the molecule is COc1cccc(CN2CC=C(C(=O)Nc3ccc(N4CCOCC4)cc3)CC2)c1. The number of methoxy groups -OCH3 is 1. The predicted octanol–water partition coefficient (Wildman–Crippen LogP) is 3.30. The number of nitrogens with one attached hydrogen (secondary N) is 1. The van der Waals surface area contributed by atoms with Gasteiger partial charge in [0.1, 0.15) is 5.75 Å². The van der Waals surface area contributed by atoms with E-state index < -0.39 is 0 Å². The van der Waals surface area contributed by atoms with Gasteiger partial charge in [-0.05, 0) is 48.4 Å². The maximum absolute atomic E-state index is 12.7. The highest BCUT2D eigenvalue weighted by Gasteiger charge is 2.18. The molecule has 4 rings (SSSR count). The summed E-state index contributed by atoms with van der Waals surface area (Å²) in [4.78, 5) is 17.3. The Balaban J connectivity index is 1.29. The lowest BCUT2D eigenvalue weighted by Gasteiger charge is -2.29. The van der Waals surface area contributed by atoms with E-state index in [4.69, 9.17) is 9.47 Å². The summed E-state index contributed by atoms with van der Waals surface area (Å²) in [6.07, 6.45) is 2.79. The minimum Gasteiger partial charge on any atom is -0.497 e. The van der Waals surface area contributed by atoms with Gasteiger partial charge in [-0.3, -0.25) is 9.69 Å². The summed E-state index contributed by atoms with van der Waals surface area (Å²) in [5.74, 6) is 0.870. The largest absolute Gasteiger partial charge is 0.497 e. The monoisotopic (exact) mass is 407 g/mol. The number of rotatable bonds is 6. The molecule has 1 saturated heterocycles. The third kappa shape index (κ3) is 5.20. The predicted molar refractivity (Wildman–Crippen MR) is 119 cm³/mol. The third-order valence-corrected chi connectivity index (χ3v) is 5.63. The molecule has 0 aromatic heterocycles. The number of morpholine rings is 1. The van der Waals surface area contributed by atoms with Crippen molar-refractivity contribution < 1.29 is 14.3 Å². The Morgan fingerprint density at radius 3 is 2.60 bits per heavy atom. The molecule has 0 bridgehead atoms. The molecule has 2 aromatic rings. The smallest absolute Gasteiger partial charge is 0.251 e. The summed E-state index contributed by atoms with van der Waals surface area (Å²) < 4.78 is 10.7. The first kappa shape index (κ1) is 20.4. The second-order valence-electron chi connectivity index (χ2n) is 7.67. The van der Waals surface area contributed by atoms with Crippen molar-refractivity contribution in [3.63, 3.8) is 0 Å². The maximum atomic E-state index is 12.7. The number of carbonyl (C=O) groups is 1. The van der Waals surface area contributed by atoms with Crippen LogP contribution in [0.15, 0.2) is 60.2 Å². The number of hydrogen-bond acceptors (Lipinski definition) is 5. The van der Waals surface area contributed by atoms with E-state index in [1.807, 2.05) is 30.3 Å². The van der Waals surface area contributed by atoms with E-state index in [1.54, 1.807) is 7.11 Å². The fourth-order valence-corrected chi connectivity index (χ4v) is 3.88. The summed E-state index contributed by atoms with van der Waals surface area (Å²) >= 11 is 0. The van der Waals surface area contributed by atoms with Crippen molar-refractivity contribution in [2.75, 3.05) is 56.7 Å². The van der Waals surface area contributed by atoms with Crippen molar-refractivity contribution in [2.24, 2.45) is 0 Å². The first-order chi connectivity index (χ1) is 14.7. The Morgan fingerprint density at radius 2 is 1.90 bits per heavy atom. The second-order valence-corrected chi connectivity index (χ2v) is 7.67. The minimum absolute atomic E-state index is 0.00449. The topological polar surface area (TPSA) is 54.0 Å². The van der Waals surface area contributed by atoms with E-state index in [0.29, 0.717) is 0 Å². The van der Waals surface area contributed by atoms with Crippen LogP contribution in [0.25, 0.3) is 0 Å². The quantitative estimate of drug-likeness (QED) is 0.796. The molecule has 2 aliphatic heterocycles. The Bertz CT molecular complexity index is 889. The molecule has 0 unspecified atom stereocenters. The van der Waals surface area contributed by atoms with Gasteiger partial charge in [-0.25, -0.2) is 0 Å². The van der Waals surface area contributed by atoms with Gasteiger partial charge in [0.05, 0.1) is 20.3 Å². The minimum atomic E-state index is -0.00449. The number of benzene rings is 2. The van der Waals surface area contributed by atoms with Crippen LogP contribution in [0.4, 0.5) is 11.4 Å². The van der Waals surface area contributed by atoms with Crippen LogP contribution in [0.3, 0.4) is 0 Å². The number of nitrogens with zero attached hydrogens (tertiary/aromatic N) is 2. The van der Waals surface area contributed by atoms with Crippen LogP contribution < -0.4 is 15.0 Å². The molecule has 6 heteroatoms. The Hall–Kier alpha value is -2.83. The molecule has 1 N–H and O–H groups in total. The van der Waals surface area contributed by atoms with Crippen LogP contribution >= 0.6 is 0 Å². The average molecular weight is 408 g/mol. The van der Waals surface area contributed by atoms with Gasteiger partial charge < -0.3 is 19.7 Å². The fourth-order valence-electron chi connectivity index (χ4n) is 3.88. The lowest BCUT2D eigenvalue weighted by atomic mass is 10.1. The zero-order valence-electron chi connectivity index (χ0n) is 17.5. The van der Waals surface area contributed by atoms with Crippen molar-refractivity contribution in [3.05, 3.63) is 65.7 Å². The molecule has 158 valence electrons. The van der Waals surface area contributed by atoms with Gasteiger partial charge in [0.2, 0.25) is 0 Å². The van der Waals surface area contributed by atoms with Crippen molar-refractivity contribution in [2.45, 2.75) is 13.0 Å². The molecule has 30 heavy (non-hydrogen) atoms. The number of hydrogen-bond donors (Lipinski definition) is 1.